The third kappa shape index (κ3) is 4.59. The highest BCUT2D eigenvalue weighted by molar-refractivity contribution is 8.34. The zero-order valence-corrected chi connectivity index (χ0v) is 19.4. The molecular formula is C20H21Cl2NOS3. The average molecular weight is 459 g/mol. The lowest BCUT2D eigenvalue weighted by atomic mass is 9.78. The van der Waals surface area contributed by atoms with E-state index in [1.54, 1.807) is 23.9 Å². The van der Waals surface area contributed by atoms with Gasteiger partial charge in [-0.25, -0.2) is 0 Å². The van der Waals surface area contributed by atoms with E-state index in [9.17, 15) is 4.79 Å². The molecule has 0 atom stereocenters. The maximum atomic E-state index is 13.1. The van der Waals surface area contributed by atoms with E-state index in [4.69, 9.17) is 35.4 Å². The Bertz CT molecular complexity index is 861. The van der Waals surface area contributed by atoms with Crippen LogP contribution in [-0.4, -0.2) is 15.9 Å². The second-order valence-electron chi connectivity index (χ2n) is 7.28. The van der Waals surface area contributed by atoms with E-state index in [0.717, 1.165) is 39.8 Å². The van der Waals surface area contributed by atoms with Gasteiger partial charge in [0.2, 0.25) is 0 Å². The fraction of sp³-hybridized carbons (Fsp3) is 0.400. The van der Waals surface area contributed by atoms with Crippen molar-refractivity contribution in [2.24, 2.45) is 5.41 Å². The van der Waals surface area contributed by atoms with Crippen LogP contribution in [0.15, 0.2) is 39.8 Å². The van der Waals surface area contributed by atoms with Gasteiger partial charge in [0.05, 0.1) is 26.2 Å². The van der Waals surface area contributed by atoms with Crippen LogP contribution in [0.3, 0.4) is 0 Å². The van der Waals surface area contributed by atoms with Crippen molar-refractivity contribution in [3.63, 3.8) is 0 Å². The summed E-state index contributed by atoms with van der Waals surface area (Å²) in [7, 11) is 0. The minimum atomic E-state index is -0.232. The molecule has 7 heteroatoms. The van der Waals surface area contributed by atoms with Gasteiger partial charge in [-0.15, -0.1) is 11.8 Å². The molecule has 27 heavy (non-hydrogen) atoms. The Morgan fingerprint density at radius 3 is 2.74 bits per heavy atom. The fourth-order valence-corrected chi connectivity index (χ4v) is 6.68. The second kappa shape index (κ2) is 8.50. The first kappa shape index (κ1) is 21.3. The number of unbranched alkanes of at least 4 members (excludes halogenated alkanes) is 1. The topological polar surface area (TPSA) is 20.3 Å². The summed E-state index contributed by atoms with van der Waals surface area (Å²) in [5, 5.41) is 1.09. The van der Waals surface area contributed by atoms with Crippen LogP contribution in [0.2, 0.25) is 10.0 Å². The summed E-state index contributed by atoms with van der Waals surface area (Å²) in [5.74, 6) is 1.15. The van der Waals surface area contributed by atoms with E-state index in [-0.39, 0.29) is 11.2 Å². The number of allylic oxidation sites excluding steroid dienone is 2. The molecule has 1 aromatic carbocycles. The van der Waals surface area contributed by atoms with Crippen LogP contribution >= 0.6 is 58.9 Å². The molecule has 0 fully saturated rings. The number of thiocarbonyl (C=S) groups is 1. The lowest BCUT2D eigenvalue weighted by Gasteiger charge is -2.39. The number of fused-ring (bicyclic) bond motifs is 1. The molecule has 0 unspecified atom stereocenters. The molecule has 0 aromatic heterocycles. The van der Waals surface area contributed by atoms with Gasteiger partial charge in [-0.05, 0) is 35.8 Å². The van der Waals surface area contributed by atoms with E-state index in [1.165, 1.54) is 11.8 Å². The van der Waals surface area contributed by atoms with Crippen LogP contribution in [0.25, 0.3) is 0 Å². The predicted molar refractivity (Wildman–Crippen MR) is 125 cm³/mol. The number of carbonyl (C=O) groups is 1. The molecule has 1 aliphatic carbocycles. The molecule has 2 aliphatic rings. The summed E-state index contributed by atoms with van der Waals surface area (Å²) in [5.41, 5.74) is 2.15. The van der Waals surface area contributed by atoms with E-state index in [2.05, 4.69) is 26.8 Å². The molecule has 3 rings (SSSR count). The minimum absolute atomic E-state index is 0.168. The molecular weight excluding hydrogens is 437 g/mol. The SMILES string of the molecule is CCCCSC1=C2C(=O)CC(C)(C)C=C2N(c2ccc(Cl)cc2Cl)C(=S)S1. The quantitative estimate of drug-likeness (QED) is 0.336. The van der Waals surface area contributed by atoms with Crippen LogP contribution in [-0.2, 0) is 4.79 Å². The Morgan fingerprint density at radius 2 is 2.07 bits per heavy atom. The van der Waals surface area contributed by atoms with Crippen LogP contribution in [0.1, 0.15) is 40.0 Å². The van der Waals surface area contributed by atoms with E-state index >= 15 is 0 Å². The normalized spacial score (nSPS) is 19.3. The number of hydrogen-bond acceptors (Lipinski definition) is 4. The second-order valence-corrected chi connectivity index (χ2v) is 11.1. The zero-order chi connectivity index (χ0) is 19.8. The van der Waals surface area contributed by atoms with Crippen molar-refractivity contribution in [1.82, 2.24) is 0 Å². The average Bonchev–Trinajstić information content (AvgIpc) is 2.55. The number of hydrogen-bond donors (Lipinski definition) is 0. The largest absolute Gasteiger partial charge is 0.294 e. The van der Waals surface area contributed by atoms with Crippen molar-refractivity contribution in [2.45, 2.75) is 40.0 Å². The number of ketones is 1. The molecule has 144 valence electrons. The van der Waals surface area contributed by atoms with Gasteiger partial charge >= 0.3 is 0 Å². The maximum absolute atomic E-state index is 13.1. The van der Waals surface area contributed by atoms with Crippen LogP contribution in [0.5, 0.6) is 0 Å². The van der Waals surface area contributed by atoms with E-state index < -0.39 is 0 Å². The van der Waals surface area contributed by atoms with Gasteiger partial charge in [0.15, 0.2) is 10.1 Å². The first-order valence-electron chi connectivity index (χ1n) is 8.84. The number of thioether (sulfide) groups is 2. The third-order valence-electron chi connectivity index (χ3n) is 4.37. The summed E-state index contributed by atoms with van der Waals surface area (Å²) in [4.78, 5) is 15.0. The Balaban J connectivity index is 2.13. The van der Waals surface area contributed by atoms with Gasteiger partial charge < -0.3 is 0 Å². The summed E-state index contributed by atoms with van der Waals surface area (Å²) in [6.07, 6.45) is 4.89. The molecule has 2 nitrogen and oxygen atoms in total. The molecule has 1 aromatic rings. The highest BCUT2D eigenvalue weighted by atomic mass is 35.5. The lowest BCUT2D eigenvalue weighted by Crippen LogP contribution is -2.38. The molecule has 0 radical (unpaired) electrons. The number of anilines is 1. The monoisotopic (exact) mass is 457 g/mol. The Kier molecular flexibility index (Phi) is 6.69. The summed E-state index contributed by atoms with van der Waals surface area (Å²) in [6.45, 7) is 6.32. The highest BCUT2D eigenvalue weighted by Crippen LogP contribution is 2.50. The number of carbonyl (C=O) groups excluding carboxylic acids is 1. The molecule has 0 bridgehead atoms. The van der Waals surface area contributed by atoms with Gasteiger partial charge in [-0.2, -0.15) is 0 Å². The smallest absolute Gasteiger partial charge is 0.167 e. The molecule has 1 aliphatic heterocycles. The van der Waals surface area contributed by atoms with Gasteiger partial charge in [0, 0.05) is 11.4 Å². The van der Waals surface area contributed by atoms with Crippen molar-refractivity contribution in [1.29, 1.82) is 0 Å². The molecule has 0 spiro atoms. The van der Waals surface area contributed by atoms with Crippen molar-refractivity contribution in [2.75, 3.05) is 10.7 Å². The van der Waals surface area contributed by atoms with Gasteiger partial charge in [-0.3, -0.25) is 9.69 Å². The van der Waals surface area contributed by atoms with Gasteiger partial charge in [0.1, 0.15) is 0 Å². The first-order chi connectivity index (χ1) is 12.7. The van der Waals surface area contributed by atoms with Crippen molar-refractivity contribution >= 4 is 74.7 Å². The lowest BCUT2D eigenvalue weighted by molar-refractivity contribution is -0.117. The number of rotatable bonds is 5. The van der Waals surface area contributed by atoms with Gasteiger partial charge in [0.25, 0.3) is 0 Å². The zero-order valence-electron chi connectivity index (χ0n) is 15.5. The number of halogens is 2. The Hall–Kier alpha value is -0.460. The number of nitrogens with zero attached hydrogens (tertiary/aromatic N) is 1. The Morgan fingerprint density at radius 1 is 1.33 bits per heavy atom. The standard InChI is InChI=1S/C20H21Cl2NOS3/c1-4-5-8-26-18-17-15(10-20(2,3)11-16(17)24)23(19(25)27-18)14-7-6-12(21)9-13(14)22/h6-7,9-10H,4-5,8,11H2,1-3H3. The van der Waals surface area contributed by atoms with Crippen LogP contribution in [0, 0.1) is 5.41 Å². The first-order valence-corrected chi connectivity index (χ1v) is 11.8. The predicted octanol–water partition coefficient (Wildman–Crippen LogP) is 7.46. The van der Waals surface area contributed by atoms with Crippen molar-refractivity contribution < 1.29 is 4.79 Å². The van der Waals surface area contributed by atoms with E-state index in [0.29, 0.717) is 20.8 Å². The molecule has 0 saturated heterocycles. The summed E-state index contributed by atoms with van der Waals surface area (Å²) >= 11 is 21.5. The summed E-state index contributed by atoms with van der Waals surface area (Å²) in [6, 6.07) is 5.36. The fourth-order valence-electron chi connectivity index (χ4n) is 3.11. The van der Waals surface area contributed by atoms with Crippen LogP contribution < -0.4 is 4.90 Å². The number of Topliss-reactive ketones (excluding diaryl/α,β-unsaturated/α-hetero) is 1. The maximum Gasteiger partial charge on any atom is 0.167 e. The molecule has 0 amide bonds. The molecule has 0 N–H and O–H groups in total. The molecule has 1 heterocycles. The minimum Gasteiger partial charge on any atom is -0.294 e. The third-order valence-corrected chi connectivity index (χ3v) is 7.65. The molecule has 0 saturated carbocycles. The van der Waals surface area contributed by atoms with Crippen molar-refractivity contribution in [3.8, 4) is 0 Å². The summed E-state index contributed by atoms with van der Waals surface area (Å²) < 4.78 is 1.69. The van der Waals surface area contributed by atoms with E-state index in [1.807, 2.05) is 11.0 Å². The van der Waals surface area contributed by atoms with Crippen LogP contribution in [0.4, 0.5) is 5.69 Å². The Labute approximate surface area is 184 Å². The van der Waals surface area contributed by atoms with Crippen molar-refractivity contribution in [3.05, 3.63) is 49.8 Å². The highest BCUT2D eigenvalue weighted by Gasteiger charge is 2.40. The number of benzene rings is 1. The van der Waals surface area contributed by atoms with Gasteiger partial charge in [-0.1, -0.05) is 80.4 Å².